The molecule has 0 bridgehead atoms. The Hall–Kier alpha value is -3.04. The lowest BCUT2D eigenvalue weighted by molar-refractivity contribution is 0.628. The first-order valence-corrected chi connectivity index (χ1v) is 8.81. The Morgan fingerprint density at radius 2 is 1.41 bits per heavy atom. The summed E-state index contributed by atoms with van der Waals surface area (Å²) in [6, 6.07) is 23.9. The van der Waals surface area contributed by atoms with Crippen molar-refractivity contribution in [3.05, 3.63) is 113 Å². The van der Waals surface area contributed by atoms with E-state index in [0.717, 1.165) is 16.7 Å². The minimum absolute atomic E-state index is 0.0638. The van der Waals surface area contributed by atoms with E-state index in [4.69, 9.17) is 11.6 Å². The number of halogens is 2. The lowest BCUT2D eigenvalue weighted by Crippen LogP contribution is -2.04. The van der Waals surface area contributed by atoms with Gasteiger partial charge in [-0.1, -0.05) is 84.9 Å². The van der Waals surface area contributed by atoms with Crippen LogP contribution in [0.4, 0.5) is 4.39 Å². The van der Waals surface area contributed by atoms with E-state index in [1.54, 1.807) is 12.1 Å². The SMILES string of the molecule is C=C(/N=C(\N=C(/C)c1ccc(F)c(Cl)c1)c1ccccc1)c1ccccc1. The molecule has 3 aromatic carbocycles. The van der Waals surface area contributed by atoms with Crippen LogP contribution in [0.15, 0.2) is 95.4 Å². The summed E-state index contributed by atoms with van der Waals surface area (Å²) < 4.78 is 13.4. The molecule has 0 atom stereocenters. The molecule has 0 amide bonds. The van der Waals surface area contributed by atoms with Gasteiger partial charge < -0.3 is 0 Å². The van der Waals surface area contributed by atoms with Gasteiger partial charge in [0.1, 0.15) is 5.82 Å². The number of amidine groups is 1. The van der Waals surface area contributed by atoms with Gasteiger partial charge in [-0.05, 0) is 30.2 Å². The quantitative estimate of drug-likeness (QED) is 0.371. The van der Waals surface area contributed by atoms with E-state index in [0.29, 0.717) is 17.2 Å². The third-order valence-corrected chi connectivity index (χ3v) is 4.28. The van der Waals surface area contributed by atoms with Crippen molar-refractivity contribution in [1.82, 2.24) is 0 Å². The van der Waals surface area contributed by atoms with Crippen LogP contribution in [-0.2, 0) is 0 Å². The van der Waals surface area contributed by atoms with Crippen molar-refractivity contribution in [2.24, 2.45) is 9.98 Å². The molecule has 0 heterocycles. The maximum absolute atomic E-state index is 13.4. The number of benzene rings is 3. The summed E-state index contributed by atoms with van der Waals surface area (Å²) >= 11 is 5.90. The average Bonchev–Trinajstić information content (AvgIpc) is 2.70. The van der Waals surface area contributed by atoms with Crippen molar-refractivity contribution in [2.75, 3.05) is 0 Å². The van der Waals surface area contributed by atoms with Crippen molar-refractivity contribution in [2.45, 2.75) is 6.92 Å². The van der Waals surface area contributed by atoms with Crippen LogP contribution in [0.3, 0.4) is 0 Å². The molecule has 0 N–H and O–H groups in total. The molecule has 3 rings (SSSR count). The largest absolute Gasteiger partial charge is 0.233 e. The second-order valence-electron chi connectivity index (χ2n) is 5.94. The van der Waals surface area contributed by atoms with E-state index in [9.17, 15) is 4.39 Å². The van der Waals surface area contributed by atoms with Crippen LogP contribution in [0.1, 0.15) is 23.6 Å². The van der Waals surface area contributed by atoms with Crippen molar-refractivity contribution < 1.29 is 4.39 Å². The standard InChI is InChI=1S/C23H18ClFN2/c1-16(18-9-5-3-6-10-18)26-23(19-11-7-4-8-12-19)27-17(2)20-13-14-22(25)21(24)15-20/h3-15H,1H2,2H3/b26-23-,27-17+. The Bertz CT molecular complexity index is 1010. The van der Waals surface area contributed by atoms with Gasteiger partial charge in [-0.2, -0.15) is 0 Å². The van der Waals surface area contributed by atoms with Gasteiger partial charge >= 0.3 is 0 Å². The highest BCUT2D eigenvalue weighted by Crippen LogP contribution is 2.19. The Morgan fingerprint density at radius 1 is 0.815 bits per heavy atom. The lowest BCUT2D eigenvalue weighted by Gasteiger charge is -2.07. The predicted molar refractivity (Wildman–Crippen MR) is 112 cm³/mol. The second kappa shape index (κ2) is 8.56. The van der Waals surface area contributed by atoms with Crippen LogP contribution in [0, 0.1) is 5.82 Å². The monoisotopic (exact) mass is 376 g/mol. The third kappa shape index (κ3) is 4.78. The molecule has 0 aliphatic rings. The van der Waals surface area contributed by atoms with Gasteiger partial charge in [0.25, 0.3) is 0 Å². The molecule has 4 heteroatoms. The molecule has 0 saturated carbocycles. The third-order valence-electron chi connectivity index (χ3n) is 3.99. The van der Waals surface area contributed by atoms with E-state index >= 15 is 0 Å². The highest BCUT2D eigenvalue weighted by molar-refractivity contribution is 6.31. The highest BCUT2D eigenvalue weighted by Gasteiger charge is 2.08. The van der Waals surface area contributed by atoms with E-state index in [2.05, 4.69) is 16.6 Å². The van der Waals surface area contributed by atoms with Crippen molar-refractivity contribution in [3.63, 3.8) is 0 Å². The molecule has 0 spiro atoms. The van der Waals surface area contributed by atoms with Crippen LogP contribution in [0.2, 0.25) is 5.02 Å². The first-order chi connectivity index (χ1) is 13.0. The number of rotatable bonds is 4. The van der Waals surface area contributed by atoms with E-state index < -0.39 is 5.82 Å². The summed E-state index contributed by atoms with van der Waals surface area (Å²) in [6.07, 6.45) is 0. The fraction of sp³-hybridized carbons (Fsp3) is 0.0435. The van der Waals surface area contributed by atoms with Gasteiger partial charge in [-0.25, -0.2) is 14.4 Å². The number of hydrogen-bond acceptors (Lipinski definition) is 1. The molecular formula is C23H18ClFN2. The smallest absolute Gasteiger partial charge is 0.160 e. The molecule has 0 aromatic heterocycles. The molecule has 2 nitrogen and oxygen atoms in total. The summed E-state index contributed by atoms with van der Waals surface area (Å²) in [7, 11) is 0. The Morgan fingerprint density at radius 3 is 2.00 bits per heavy atom. The molecule has 0 aliphatic heterocycles. The molecule has 0 aliphatic carbocycles. The number of aliphatic imine (C=N–C) groups is 2. The van der Waals surface area contributed by atoms with Crippen LogP contribution < -0.4 is 0 Å². The van der Waals surface area contributed by atoms with E-state index in [1.807, 2.05) is 67.6 Å². The summed E-state index contributed by atoms with van der Waals surface area (Å²) in [6.45, 7) is 5.91. The zero-order valence-corrected chi connectivity index (χ0v) is 15.6. The summed E-state index contributed by atoms with van der Waals surface area (Å²) in [5.74, 6) is 0.0741. The molecule has 0 fully saturated rings. The zero-order valence-electron chi connectivity index (χ0n) is 14.9. The Labute approximate surface area is 163 Å². The van der Waals surface area contributed by atoms with Crippen LogP contribution in [0.25, 0.3) is 5.70 Å². The van der Waals surface area contributed by atoms with Gasteiger partial charge in [0, 0.05) is 11.3 Å². The molecule has 0 unspecified atom stereocenters. The van der Waals surface area contributed by atoms with Crippen LogP contribution in [-0.4, -0.2) is 11.5 Å². The Kier molecular flexibility index (Phi) is 5.94. The maximum Gasteiger partial charge on any atom is 0.160 e. The summed E-state index contributed by atoms with van der Waals surface area (Å²) in [4.78, 5) is 9.33. The minimum Gasteiger partial charge on any atom is -0.233 e. The second-order valence-corrected chi connectivity index (χ2v) is 6.35. The van der Waals surface area contributed by atoms with E-state index in [1.165, 1.54) is 6.07 Å². The molecule has 134 valence electrons. The molecular weight excluding hydrogens is 359 g/mol. The lowest BCUT2D eigenvalue weighted by atomic mass is 10.1. The first-order valence-electron chi connectivity index (χ1n) is 8.44. The van der Waals surface area contributed by atoms with E-state index in [-0.39, 0.29) is 5.02 Å². The predicted octanol–water partition coefficient (Wildman–Crippen LogP) is 6.41. The summed E-state index contributed by atoms with van der Waals surface area (Å²) in [5.41, 5.74) is 3.81. The fourth-order valence-electron chi connectivity index (χ4n) is 2.51. The first kappa shape index (κ1) is 18.7. The fourth-order valence-corrected chi connectivity index (χ4v) is 2.69. The van der Waals surface area contributed by atoms with Gasteiger partial charge in [-0.3, -0.25) is 0 Å². The van der Waals surface area contributed by atoms with Crippen molar-refractivity contribution >= 4 is 28.8 Å². The minimum atomic E-state index is -0.456. The maximum atomic E-state index is 13.4. The van der Waals surface area contributed by atoms with Gasteiger partial charge in [0.15, 0.2) is 5.84 Å². The molecule has 3 aromatic rings. The molecule has 27 heavy (non-hydrogen) atoms. The zero-order chi connectivity index (χ0) is 19.2. The number of hydrogen-bond donors (Lipinski definition) is 0. The van der Waals surface area contributed by atoms with Crippen LogP contribution >= 0.6 is 11.6 Å². The topological polar surface area (TPSA) is 24.7 Å². The van der Waals surface area contributed by atoms with Crippen molar-refractivity contribution in [1.29, 1.82) is 0 Å². The van der Waals surface area contributed by atoms with Crippen molar-refractivity contribution in [3.8, 4) is 0 Å². The highest BCUT2D eigenvalue weighted by atomic mass is 35.5. The Balaban J connectivity index is 2.03. The average molecular weight is 377 g/mol. The van der Waals surface area contributed by atoms with Gasteiger partial charge in [0.2, 0.25) is 0 Å². The normalized spacial score (nSPS) is 12.1. The molecule has 0 radical (unpaired) electrons. The molecule has 0 saturated heterocycles. The summed E-state index contributed by atoms with van der Waals surface area (Å²) in [5, 5.41) is 0.0638. The van der Waals surface area contributed by atoms with Gasteiger partial charge in [-0.15, -0.1) is 0 Å². The van der Waals surface area contributed by atoms with Crippen LogP contribution in [0.5, 0.6) is 0 Å². The van der Waals surface area contributed by atoms with Gasteiger partial charge in [0.05, 0.1) is 10.7 Å². The number of nitrogens with zero attached hydrogens (tertiary/aromatic N) is 2.